The highest BCUT2D eigenvalue weighted by atomic mass is 32.2. The first-order valence-electron chi connectivity index (χ1n) is 7.96. The minimum absolute atomic E-state index is 0.327. The average Bonchev–Trinajstić information content (AvgIpc) is 2.72. The summed E-state index contributed by atoms with van der Waals surface area (Å²) in [6.45, 7) is 4.06. The zero-order valence-corrected chi connectivity index (χ0v) is 13.4. The van der Waals surface area contributed by atoms with Crippen LogP contribution in [0.25, 0.3) is 0 Å². The summed E-state index contributed by atoms with van der Waals surface area (Å²) in [7, 11) is 0. The Labute approximate surface area is 131 Å². The van der Waals surface area contributed by atoms with Gasteiger partial charge in [0.05, 0.1) is 0 Å². The van der Waals surface area contributed by atoms with Crippen LogP contribution in [0.15, 0.2) is 30.3 Å². The predicted molar refractivity (Wildman–Crippen MR) is 88.4 cm³/mol. The molecule has 2 aliphatic heterocycles. The summed E-state index contributed by atoms with van der Waals surface area (Å²) in [6, 6.07) is 10.9. The van der Waals surface area contributed by atoms with Crippen LogP contribution in [0.4, 0.5) is 0 Å². The molecule has 2 aliphatic rings. The van der Waals surface area contributed by atoms with Gasteiger partial charge in [-0.05, 0) is 18.4 Å². The Balaban J connectivity index is 1.59. The zero-order chi connectivity index (χ0) is 14.5. The van der Waals surface area contributed by atoms with Gasteiger partial charge in [0, 0.05) is 50.1 Å². The maximum Gasteiger partial charge on any atom is 0.222 e. The normalized spacial score (nSPS) is 24.9. The summed E-state index contributed by atoms with van der Waals surface area (Å²) in [5.74, 6) is 2.82. The molecule has 21 heavy (non-hydrogen) atoms. The number of hydrogen-bond donors (Lipinski definition) is 0. The molecule has 0 unspecified atom stereocenters. The number of nitrogens with zero attached hydrogens (tertiary/aromatic N) is 2. The van der Waals surface area contributed by atoms with Crippen LogP contribution in [0.1, 0.15) is 24.8 Å². The van der Waals surface area contributed by atoms with Crippen LogP contribution in [-0.2, 0) is 11.3 Å². The van der Waals surface area contributed by atoms with Crippen molar-refractivity contribution < 1.29 is 4.79 Å². The largest absolute Gasteiger partial charge is 0.338 e. The van der Waals surface area contributed by atoms with E-state index < -0.39 is 0 Å². The van der Waals surface area contributed by atoms with E-state index in [1.54, 1.807) is 0 Å². The monoisotopic (exact) mass is 304 g/mol. The van der Waals surface area contributed by atoms with Crippen LogP contribution in [0, 0.1) is 0 Å². The van der Waals surface area contributed by atoms with Gasteiger partial charge >= 0.3 is 0 Å². The molecule has 1 amide bonds. The molecule has 3 rings (SSSR count). The van der Waals surface area contributed by atoms with E-state index in [4.69, 9.17) is 0 Å². The molecule has 0 aromatic heterocycles. The van der Waals surface area contributed by atoms with Crippen molar-refractivity contribution in [3.05, 3.63) is 35.9 Å². The van der Waals surface area contributed by atoms with Gasteiger partial charge in [0.2, 0.25) is 5.91 Å². The van der Waals surface area contributed by atoms with Gasteiger partial charge < -0.3 is 4.90 Å². The number of likely N-dealkylation sites (tertiary alicyclic amines) is 1. The van der Waals surface area contributed by atoms with Crippen molar-refractivity contribution in [2.24, 2.45) is 0 Å². The molecule has 0 spiro atoms. The van der Waals surface area contributed by atoms with Crippen molar-refractivity contribution in [2.75, 3.05) is 31.1 Å². The van der Waals surface area contributed by atoms with Crippen LogP contribution in [0.3, 0.4) is 0 Å². The van der Waals surface area contributed by atoms with Crippen LogP contribution in [0.5, 0.6) is 0 Å². The van der Waals surface area contributed by atoms with E-state index in [2.05, 4.69) is 28.8 Å². The summed E-state index contributed by atoms with van der Waals surface area (Å²) in [6.07, 6.45) is 2.87. The lowest BCUT2D eigenvalue weighted by Crippen LogP contribution is -2.41. The highest BCUT2D eigenvalue weighted by molar-refractivity contribution is 7.99. The SMILES string of the molecule is O=C1CC[C@H](N2CCSCC2)CCN1Cc1ccccc1. The van der Waals surface area contributed by atoms with Crippen molar-refractivity contribution in [3.8, 4) is 0 Å². The van der Waals surface area contributed by atoms with E-state index in [1.807, 2.05) is 23.1 Å². The van der Waals surface area contributed by atoms with Gasteiger partial charge in [-0.15, -0.1) is 0 Å². The van der Waals surface area contributed by atoms with Gasteiger partial charge in [-0.1, -0.05) is 30.3 Å². The second-order valence-electron chi connectivity index (χ2n) is 5.93. The molecule has 0 radical (unpaired) electrons. The fourth-order valence-corrected chi connectivity index (χ4v) is 4.23. The van der Waals surface area contributed by atoms with Crippen molar-refractivity contribution >= 4 is 17.7 Å². The average molecular weight is 304 g/mol. The standard InChI is InChI=1S/C17H24N2OS/c20-17-7-6-16(18-10-12-21-13-11-18)8-9-19(17)14-15-4-2-1-3-5-15/h1-5,16H,6-14H2/t16-/m0/s1. The van der Waals surface area contributed by atoms with Crippen molar-refractivity contribution in [1.29, 1.82) is 0 Å². The van der Waals surface area contributed by atoms with Gasteiger partial charge in [0.1, 0.15) is 0 Å². The molecule has 0 N–H and O–H groups in total. The molecule has 4 heteroatoms. The Hall–Kier alpha value is -1.00. The van der Waals surface area contributed by atoms with Crippen LogP contribution >= 0.6 is 11.8 Å². The van der Waals surface area contributed by atoms with E-state index in [9.17, 15) is 4.79 Å². The third-order valence-corrected chi connectivity index (χ3v) is 5.50. The molecular formula is C17H24N2OS. The van der Waals surface area contributed by atoms with Crippen molar-refractivity contribution in [1.82, 2.24) is 9.80 Å². The quantitative estimate of drug-likeness (QED) is 0.857. The van der Waals surface area contributed by atoms with Crippen molar-refractivity contribution in [3.63, 3.8) is 0 Å². The minimum Gasteiger partial charge on any atom is -0.338 e. The van der Waals surface area contributed by atoms with Crippen molar-refractivity contribution in [2.45, 2.75) is 31.8 Å². The Morgan fingerprint density at radius 2 is 1.81 bits per heavy atom. The molecule has 2 heterocycles. The van der Waals surface area contributed by atoms with E-state index in [0.717, 1.165) is 25.9 Å². The number of benzene rings is 1. The molecule has 0 bridgehead atoms. The Morgan fingerprint density at radius 1 is 1.05 bits per heavy atom. The summed E-state index contributed by atoms with van der Waals surface area (Å²) in [5.41, 5.74) is 1.23. The highest BCUT2D eigenvalue weighted by Crippen LogP contribution is 2.22. The molecule has 1 aromatic rings. The molecule has 2 saturated heterocycles. The first-order valence-corrected chi connectivity index (χ1v) is 9.12. The van der Waals surface area contributed by atoms with Crippen LogP contribution in [-0.4, -0.2) is 52.9 Å². The first-order chi connectivity index (χ1) is 10.3. The molecule has 2 fully saturated rings. The second kappa shape index (κ2) is 7.32. The third-order valence-electron chi connectivity index (χ3n) is 4.55. The number of amides is 1. The van der Waals surface area contributed by atoms with Gasteiger partial charge in [0.25, 0.3) is 0 Å². The number of rotatable bonds is 3. The minimum atomic E-state index is 0.327. The molecule has 3 nitrogen and oxygen atoms in total. The fraction of sp³-hybridized carbons (Fsp3) is 0.588. The van der Waals surface area contributed by atoms with Crippen LogP contribution < -0.4 is 0 Å². The Bertz CT molecular complexity index is 459. The predicted octanol–water partition coefficient (Wildman–Crippen LogP) is 2.62. The lowest BCUT2D eigenvalue weighted by Gasteiger charge is -2.33. The number of carbonyl (C=O) groups excluding carboxylic acids is 1. The molecule has 1 aromatic carbocycles. The summed E-state index contributed by atoms with van der Waals surface area (Å²) < 4.78 is 0. The first kappa shape index (κ1) is 14.9. The van der Waals surface area contributed by atoms with Gasteiger partial charge in [0.15, 0.2) is 0 Å². The lowest BCUT2D eigenvalue weighted by atomic mass is 10.1. The van der Waals surface area contributed by atoms with Crippen LogP contribution in [0.2, 0.25) is 0 Å². The molecule has 114 valence electrons. The highest BCUT2D eigenvalue weighted by Gasteiger charge is 2.27. The maximum atomic E-state index is 12.4. The number of thioether (sulfide) groups is 1. The summed E-state index contributed by atoms with van der Waals surface area (Å²) in [5, 5.41) is 0. The van der Waals surface area contributed by atoms with E-state index in [0.29, 0.717) is 18.4 Å². The summed E-state index contributed by atoms with van der Waals surface area (Å²) in [4.78, 5) is 17.0. The topological polar surface area (TPSA) is 23.6 Å². The number of hydrogen-bond acceptors (Lipinski definition) is 3. The third kappa shape index (κ3) is 4.01. The molecular weight excluding hydrogens is 280 g/mol. The van der Waals surface area contributed by atoms with Gasteiger partial charge in [-0.3, -0.25) is 9.69 Å². The molecule has 0 aliphatic carbocycles. The smallest absolute Gasteiger partial charge is 0.222 e. The van der Waals surface area contributed by atoms with E-state index in [1.165, 1.54) is 30.2 Å². The lowest BCUT2D eigenvalue weighted by molar-refractivity contribution is -0.131. The van der Waals surface area contributed by atoms with Gasteiger partial charge in [-0.2, -0.15) is 11.8 Å². The second-order valence-corrected chi connectivity index (χ2v) is 7.16. The molecule has 1 atom stereocenters. The maximum absolute atomic E-state index is 12.4. The molecule has 0 saturated carbocycles. The Morgan fingerprint density at radius 3 is 2.57 bits per heavy atom. The number of carbonyl (C=O) groups is 1. The Kier molecular flexibility index (Phi) is 5.20. The summed E-state index contributed by atoms with van der Waals surface area (Å²) >= 11 is 2.05. The fourth-order valence-electron chi connectivity index (χ4n) is 3.30. The van der Waals surface area contributed by atoms with E-state index in [-0.39, 0.29) is 0 Å². The van der Waals surface area contributed by atoms with E-state index >= 15 is 0 Å². The van der Waals surface area contributed by atoms with Gasteiger partial charge in [-0.25, -0.2) is 0 Å². The zero-order valence-electron chi connectivity index (χ0n) is 12.5.